The number of aryl methyl sites for hydroxylation is 1. The number of nitro groups is 1. The molecule has 0 aliphatic carbocycles. The zero-order valence-electron chi connectivity index (χ0n) is 11.4. The van der Waals surface area contributed by atoms with Crippen LogP contribution >= 0.6 is 0 Å². The summed E-state index contributed by atoms with van der Waals surface area (Å²) in [6.45, 7) is 4.61. The largest absolute Gasteiger partial charge is 0.426 e. The zero-order chi connectivity index (χ0) is 15.0. The van der Waals surface area contributed by atoms with E-state index in [0.29, 0.717) is 29.8 Å². The number of nitro benzene ring substituents is 1. The minimum atomic E-state index is -0.523. The quantitative estimate of drug-likeness (QED) is 0.356. The summed E-state index contributed by atoms with van der Waals surface area (Å²) in [6, 6.07) is 1.33. The summed E-state index contributed by atoms with van der Waals surface area (Å²) in [5, 5.41) is 11.2. The van der Waals surface area contributed by atoms with Gasteiger partial charge in [0, 0.05) is 32.0 Å². The van der Waals surface area contributed by atoms with Crippen molar-refractivity contribution in [1.29, 1.82) is 0 Å². The van der Waals surface area contributed by atoms with Gasteiger partial charge in [0.15, 0.2) is 0 Å². The molecule has 1 heterocycles. The monoisotopic (exact) mass is 278 g/mol. The van der Waals surface area contributed by atoms with Crippen LogP contribution in [0, 0.1) is 17.0 Å². The van der Waals surface area contributed by atoms with Crippen LogP contribution in [0.4, 0.5) is 11.4 Å². The summed E-state index contributed by atoms with van der Waals surface area (Å²) in [5.41, 5.74) is 1.16. The predicted molar refractivity (Wildman–Crippen MR) is 70.9 cm³/mol. The zero-order valence-corrected chi connectivity index (χ0v) is 11.4. The number of fused-ring (bicyclic) bond motifs is 1. The lowest BCUT2D eigenvalue weighted by atomic mass is 10.1. The van der Waals surface area contributed by atoms with Crippen molar-refractivity contribution in [3.05, 3.63) is 27.3 Å². The van der Waals surface area contributed by atoms with E-state index in [2.05, 4.69) is 0 Å². The number of anilines is 1. The lowest BCUT2D eigenvalue weighted by molar-refractivity contribution is -0.384. The van der Waals surface area contributed by atoms with Gasteiger partial charge in [-0.3, -0.25) is 19.7 Å². The van der Waals surface area contributed by atoms with E-state index in [9.17, 15) is 19.7 Å². The number of carbonyl (C=O) groups excluding carboxylic acids is 2. The van der Waals surface area contributed by atoms with E-state index in [1.54, 1.807) is 6.92 Å². The summed E-state index contributed by atoms with van der Waals surface area (Å²) in [7, 11) is 0. The van der Waals surface area contributed by atoms with Gasteiger partial charge in [0.05, 0.1) is 4.92 Å². The summed E-state index contributed by atoms with van der Waals surface area (Å²) < 4.78 is 5.15. The van der Waals surface area contributed by atoms with Crippen molar-refractivity contribution < 1.29 is 19.2 Å². The molecule has 0 N–H and O–H groups in total. The van der Waals surface area contributed by atoms with Gasteiger partial charge in [-0.15, -0.1) is 0 Å². The van der Waals surface area contributed by atoms with Gasteiger partial charge in [0.25, 0.3) is 5.69 Å². The average Bonchev–Trinajstić information content (AvgIpc) is 2.76. The van der Waals surface area contributed by atoms with Gasteiger partial charge in [-0.25, -0.2) is 0 Å². The molecule has 1 aromatic rings. The third-order valence-electron chi connectivity index (χ3n) is 3.19. The van der Waals surface area contributed by atoms with Crippen molar-refractivity contribution in [2.24, 2.45) is 0 Å². The molecular weight excluding hydrogens is 264 g/mol. The molecule has 0 fully saturated rings. The van der Waals surface area contributed by atoms with Crippen LogP contribution in [0.1, 0.15) is 25.0 Å². The highest BCUT2D eigenvalue weighted by Crippen LogP contribution is 2.44. The molecule has 0 aromatic heterocycles. The minimum absolute atomic E-state index is 0.138. The number of benzene rings is 1. The van der Waals surface area contributed by atoms with Gasteiger partial charge < -0.3 is 9.64 Å². The number of carbonyl (C=O) groups is 2. The number of rotatable bonds is 2. The maximum absolute atomic E-state index is 11.6. The number of hydrogen-bond donors (Lipinski definition) is 0. The summed E-state index contributed by atoms with van der Waals surface area (Å²) in [5.74, 6) is -0.447. The molecule has 0 saturated heterocycles. The molecule has 106 valence electrons. The summed E-state index contributed by atoms with van der Waals surface area (Å²) in [4.78, 5) is 34.8. The van der Waals surface area contributed by atoms with E-state index >= 15 is 0 Å². The Kier molecular flexibility index (Phi) is 3.44. The van der Waals surface area contributed by atoms with Crippen molar-refractivity contribution in [1.82, 2.24) is 0 Å². The van der Waals surface area contributed by atoms with E-state index in [4.69, 9.17) is 4.74 Å². The Morgan fingerprint density at radius 3 is 2.55 bits per heavy atom. The smallest absolute Gasteiger partial charge is 0.308 e. The van der Waals surface area contributed by atoms with Crippen molar-refractivity contribution in [2.45, 2.75) is 27.2 Å². The topological polar surface area (TPSA) is 89.8 Å². The van der Waals surface area contributed by atoms with E-state index in [1.165, 1.54) is 24.8 Å². The van der Waals surface area contributed by atoms with Gasteiger partial charge >= 0.3 is 5.97 Å². The first-order valence-corrected chi connectivity index (χ1v) is 6.10. The molecule has 7 heteroatoms. The average molecular weight is 278 g/mol. The first-order chi connectivity index (χ1) is 9.32. The molecule has 0 unspecified atom stereocenters. The maximum Gasteiger partial charge on any atom is 0.308 e. The highest BCUT2D eigenvalue weighted by Gasteiger charge is 2.34. The molecule has 0 radical (unpaired) electrons. The molecule has 1 amide bonds. The molecule has 0 atom stereocenters. The Morgan fingerprint density at radius 2 is 2.05 bits per heavy atom. The van der Waals surface area contributed by atoms with E-state index in [-0.39, 0.29) is 17.3 Å². The van der Waals surface area contributed by atoms with Crippen LogP contribution in [-0.2, 0) is 16.0 Å². The van der Waals surface area contributed by atoms with Crippen LogP contribution in [0.2, 0.25) is 0 Å². The van der Waals surface area contributed by atoms with Crippen LogP contribution in [-0.4, -0.2) is 23.3 Å². The molecule has 7 nitrogen and oxygen atoms in total. The Morgan fingerprint density at radius 1 is 1.40 bits per heavy atom. The molecule has 1 aliphatic heterocycles. The fourth-order valence-corrected chi connectivity index (χ4v) is 2.45. The number of amides is 1. The van der Waals surface area contributed by atoms with Crippen molar-refractivity contribution in [2.75, 3.05) is 11.4 Å². The minimum Gasteiger partial charge on any atom is -0.426 e. The van der Waals surface area contributed by atoms with E-state index in [1.807, 2.05) is 0 Å². The second-order valence-corrected chi connectivity index (χ2v) is 4.64. The molecular formula is C13H14N2O5. The fourth-order valence-electron chi connectivity index (χ4n) is 2.45. The highest BCUT2D eigenvalue weighted by atomic mass is 16.6. The van der Waals surface area contributed by atoms with E-state index in [0.717, 1.165) is 0 Å². The first kappa shape index (κ1) is 14.0. The van der Waals surface area contributed by atoms with Crippen LogP contribution < -0.4 is 9.64 Å². The third-order valence-corrected chi connectivity index (χ3v) is 3.19. The van der Waals surface area contributed by atoms with Crippen LogP contribution in [0.5, 0.6) is 5.75 Å². The van der Waals surface area contributed by atoms with Gasteiger partial charge in [0.1, 0.15) is 11.4 Å². The highest BCUT2D eigenvalue weighted by molar-refractivity contribution is 5.98. The van der Waals surface area contributed by atoms with Crippen molar-refractivity contribution >= 4 is 23.3 Å². The summed E-state index contributed by atoms with van der Waals surface area (Å²) >= 11 is 0. The van der Waals surface area contributed by atoms with Crippen LogP contribution in [0.25, 0.3) is 0 Å². The van der Waals surface area contributed by atoms with Gasteiger partial charge in [-0.1, -0.05) is 0 Å². The molecule has 2 rings (SSSR count). The van der Waals surface area contributed by atoms with Crippen molar-refractivity contribution in [3.8, 4) is 5.75 Å². The number of esters is 1. The Bertz CT molecular complexity index is 624. The lowest BCUT2D eigenvalue weighted by Crippen LogP contribution is -2.26. The van der Waals surface area contributed by atoms with Crippen molar-refractivity contribution in [3.63, 3.8) is 0 Å². The standard InChI is InChI=1S/C13H14N2O5/c1-7-6-11(15(18)19)12-10(13(7)20-9(3)17)4-5-14(12)8(2)16/h6H,4-5H2,1-3H3. The third kappa shape index (κ3) is 2.22. The molecule has 0 bridgehead atoms. The Hall–Kier alpha value is -2.44. The van der Waals surface area contributed by atoms with Gasteiger partial charge in [0.2, 0.25) is 5.91 Å². The normalized spacial score (nSPS) is 13.1. The molecule has 20 heavy (non-hydrogen) atoms. The Labute approximate surface area is 115 Å². The van der Waals surface area contributed by atoms with Crippen LogP contribution in [0.15, 0.2) is 6.07 Å². The number of nitrogens with zero attached hydrogens (tertiary/aromatic N) is 2. The molecule has 1 aromatic carbocycles. The molecule has 0 saturated carbocycles. The first-order valence-electron chi connectivity index (χ1n) is 6.10. The van der Waals surface area contributed by atoms with Gasteiger partial charge in [-0.2, -0.15) is 0 Å². The van der Waals surface area contributed by atoms with Crippen LogP contribution in [0.3, 0.4) is 0 Å². The van der Waals surface area contributed by atoms with Gasteiger partial charge in [-0.05, 0) is 18.9 Å². The lowest BCUT2D eigenvalue weighted by Gasteiger charge is -2.16. The predicted octanol–water partition coefficient (Wildman–Crippen LogP) is 1.74. The SMILES string of the molecule is CC(=O)Oc1c(C)cc([N+](=O)[O-])c2c1CCN2C(C)=O. The maximum atomic E-state index is 11.6. The fraction of sp³-hybridized carbons (Fsp3) is 0.385. The van der Waals surface area contributed by atoms with E-state index < -0.39 is 10.9 Å². The molecule has 0 spiro atoms. The number of hydrogen-bond acceptors (Lipinski definition) is 5. The Balaban J connectivity index is 2.69. The second-order valence-electron chi connectivity index (χ2n) is 4.64. The second kappa shape index (κ2) is 4.92. The molecule has 1 aliphatic rings. The number of ether oxygens (including phenoxy) is 1. The summed E-state index contributed by atoms with van der Waals surface area (Å²) in [6.07, 6.45) is 0.431.